The average molecular weight is 186 g/mol. The molecule has 0 aromatic carbocycles. The van der Waals surface area contributed by atoms with Crippen LogP contribution in [0.2, 0.25) is 0 Å². The van der Waals surface area contributed by atoms with E-state index in [4.69, 9.17) is 12.2 Å². The summed E-state index contributed by atoms with van der Waals surface area (Å²) in [5.41, 5.74) is 0. The van der Waals surface area contributed by atoms with Crippen molar-refractivity contribution in [2.24, 2.45) is 0 Å². The number of likely N-dealkylation sites (N-methyl/N-ethyl adjacent to an activating group) is 1. The maximum absolute atomic E-state index is 11.5. The molecular formula is C8H14N2OS. The van der Waals surface area contributed by atoms with Gasteiger partial charge in [0.1, 0.15) is 0 Å². The highest BCUT2D eigenvalue weighted by molar-refractivity contribution is 7.80. The Morgan fingerprint density at radius 2 is 2.33 bits per heavy atom. The Hall–Kier alpha value is -0.480. The van der Waals surface area contributed by atoms with Gasteiger partial charge in [0.15, 0.2) is 0 Å². The smallest absolute Gasteiger partial charge is 0.241 e. The van der Waals surface area contributed by atoms with E-state index < -0.39 is 0 Å². The van der Waals surface area contributed by atoms with Crippen LogP contribution >= 0.6 is 12.2 Å². The molecule has 0 aliphatic carbocycles. The first-order chi connectivity index (χ1) is 5.61. The number of hydrogen-bond acceptors (Lipinski definition) is 3. The molecule has 0 radical (unpaired) electrons. The minimum atomic E-state index is 0.127. The van der Waals surface area contributed by atoms with E-state index in [2.05, 4.69) is 0 Å². The van der Waals surface area contributed by atoms with Crippen LogP contribution in [0.5, 0.6) is 0 Å². The Labute approximate surface area is 78.3 Å². The van der Waals surface area contributed by atoms with Gasteiger partial charge in [0.2, 0.25) is 5.91 Å². The minimum Gasteiger partial charge on any atom is -0.305 e. The molecule has 0 bridgehead atoms. The number of hydrogen-bond donors (Lipinski definition) is 0. The van der Waals surface area contributed by atoms with Crippen LogP contribution in [0, 0.1) is 0 Å². The molecule has 1 heterocycles. The zero-order valence-corrected chi connectivity index (χ0v) is 8.36. The van der Waals surface area contributed by atoms with Gasteiger partial charge < -0.3 is 9.80 Å². The first-order valence-electron chi connectivity index (χ1n) is 4.09. The van der Waals surface area contributed by atoms with Crippen molar-refractivity contribution in [3.05, 3.63) is 0 Å². The number of nitrogens with zero attached hydrogens (tertiary/aromatic N) is 2. The van der Waals surface area contributed by atoms with Crippen molar-refractivity contribution in [3.8, 4) is 0 Å². The molecule has 3 nitrogen and oxygen atoms in total. The highest BCUT2D eigenvalue weighted by Crippen LogP contribution is 2.11. The van der Waals surface area contributed by atoms with Crippen LogP contribution in [0.4, 0.5) is 0 Å². The largest absolute Gasteiger partial charge is 0.305 e. The van der Waals surface area contributed by atoms with Crippen LogP contribution in [0.3, 0.4) is 0 Å². The van der Waals surface area contributed by atoms with Crippen molar-refractivity contribution in [2.45, 2.75) is 12.8 Å². The molecule has 1 rings (SSSR count). The summed E-state index contributed by atoms with van der Waals surface area (Å²) in [7, 11) is 3.77. The van der Waals surface area contributed by atoms with Gasteiger partial charge >= 0.3 is 0 Å². The fraction of sp³-hybridized carbons (Fsp3) is 0.750. The Bertz CT molecular complexity index is 203. The molecule has 1 amide bonds. The van der Waals surface area contributed by atoms with Gasteiger partial charge in [-0.05, 0) is 20.5 Å². The number of rotatable bonds is 2. The zero-order valence-electron chi connectivity index (χ0n) is 7.54. The van der Waals surface area contributed by atoms with E-state index in [-0.39, 0.29) is 5.91 Å². The first kappa shape index (κ1) is 9.61. The van der Waals surface area contributed by atoms with Crippen molar-refractivity contribution in [1.82, 2.24) is 9.80 Å². The summed E-state index contributed by atoms with van der Waals surface area (Å²) in [6.45, 7) is 1.27. The second-order valence-electron chi connectivity index (χ2n) is 3.28. The van der Waals surface area contributed by atoms with Crippen LogP contribution < -0.4 is 0 Å². The molecule has 4 heteroatoms. The monoisotopic (exact) mass is 186 g/mol. The molecule has 0 unspecified atom stereocenters. The van der Waals surface area contributed by atoms with Crippen LogP contribution in [-0.4, -0.2) is 47.9 Å². The zero-order chi connectivity index (χ0) is 9.14. The van der Waals surface area contributed by atoms with Crippen LogP contribution in [-0.2, 0) is 4.79 Å². The summed E-state index contributed by atoms with van der Waals surface area (Å²) >= 11 is 5.06. The molecule has 68 valence electrons. The summed E-state index contributed by atoms with van der Waals surface area (Å²) in [5, 5.41) is 0. The lowest BCUT2D eigenvalue weighted by Gasteiger charge is -2.18. The van der Waals surface area contributed by atoms with Crippen molar-refractivity contribution in [3.63, 3.8) is 0 Å². The van der Waals surface area contributed by atoms with E-state index >= 15 is 0 Å². The first-order valence-corrected chi connectivity index (χ1v) is 4.50. The molecule has 0 saturated carbocycles. The summed E-state index contributed by atoms with van der Waals surface area (Å²) in [5.74, 6) is 0.127. The van der Waals surface area contributed by atoms with Gasteiger partial charge in [-0.15, -0.1) is 0 Å². The lowest BCUT2D eigenvalue weighted by molar-refractivity contribution is -0.127. The average Bonchev–Trinajstić information content (AvgIpc) is 2.33. The molecule has 1 aliphatic heterocycles. The standard InChI is InChI=1S/C8H14N2OS/c1-9(2)6-7(11)10-5-3-4-8(10)12/h3-6H2,1-2H3. The summed E-state index contributed by atoms with van der Waals surface area (Å²) < 4.78 is 0. The van der Waals surface area contributed by atoms with Gasteiger partial charge in [0.05, 0.1) is 11.5 Å². The Morgan fingerprint density at radius 1 is 1.67 bits per heavy atom. The lowest BCUT2D eigenvalue weighted by atomic mass is 10.4. The van der Waals surface area contributed by atoms with E-state index in [1.165, 1.54) is 0 Å². The third-order valence-corrected chi connectivity index (χ3v) is 2.25. The van der Waals surface area contributed by atoms with E-state index in [0.717, 1.165) is 24.4 Å². The molecular weight excluding hydrogens is 172 g/mol. The molecule has 1 fully saturated rings. The molecule has 0 aromatic heterocycles. The van der Waals surface area contributed by atoms with E-state index in [9.17, 15) is 4.79 Å². The highest BCUT2D eigenvalue weighted by Gasteiger charge is 2.22. The number of carbonyl (C=O) groups excluding carboxylic acids is 1. The summed E-state index contributed by atoms with van der Waals surface area (Å²) in [4.78, 5) is 15.9. The minimum absolute atomic E-state index is 0.127. The number of amides is 1. The van der Waals surface area contributed by atoms with Gasteiger partial charge in [-0.25, -0.2) is 0 Å². The molecule has 0 spiro atoms. The number of thiocarbonyl (C=S) groups is 1. The van der Waals surface area contributed by atoms with Crippen molar-refractivity contribution in [2.75, 3.05) is 27.2 Å². The second-order valence-corrected chi connectivity index (χ2v) is 3.75. The molecule has 1 aliphatic rings. The predicted octanol–water partition coefficient (Wildman–Crippen LogP) is 0.498. The van der Waals surface area contributed by atoms with Gasteiger partial charge in [-0.3, -0.25) is 4.79 Å². The van der Waals surface area contributed by atoms with Crippen molar-refractivity contribution < 1.29 is 4.79 Å². The number of likely N-dealkylation sites (tertiary alicyclic amines) is 1. The second kappa shape index (κ2) is 3.96. The lowest BCUT2D eigenvalue weighted by Crippen LogP contribution is -2.37. The van der Waals surface area contributed by atoms with Gasteiger partial charge in [-0.1, -0.05) is 12.2 Å². The van der Waals surface area contributed by atoms with Gasteiger partial charge in [-0.2, -0.15) is 0 Å². The fourth-order valence-corrected chi connectivity index (χ4v) is 1.61. The quantitative estimate of drug-likeness (QED) is 0.587. The Balaban J connectivity index is 2.46. The van der Waals surface area contributed by atoms with Crippen LogP contribution in [0.1, 0.15) is 12.8 Å². The fourth-order valence-electron chi connectivity index (χ4n) is 1.27. The highest BCUT2D eigenvalue weighted by atomic mass is 32.1. The normalized spacial score (nSPS) is 17.6. The molecule has 0 aromatic rings. The third kappa shape index (κ3) is 2.25. The SMILES string of the molecule is CN(C)CC(=O)N1CCCC1=S. The van der Waals surface area contributed by atoms with E-state index in [1.807, 2.05) is 19.0 Å². The maximum Gasteiger partial charge on any atom is 0.241 e. The Morgan fingerprint density at radius 3 is 2.75 bits per heavy atom. The summed E-state index contributed by atoms with van der Waals surface area (Å²) in [6, 6.07) is 0. The number of carbonyl (C=O) groups is 1. The topological polar surface area (TPSA) is 23.6 Å². The Kier molecular flexibility index (Phi) is 3.17. The van der Waals surface area contributed by atoms with Gasteiger partial charge in [0.25, 0.3) is 0 Å². The van der Waals surface area contributed by atoms with Crippen LogP contribution in [0.15, 0.2) is 0 Å². The summed E-state index contributed by atoms with van der Waals surface area (Å²) in [6.07, 6.45) is 1.92. The van der Waals surface area contributed by atoms with Crippen LogP contribution in [0.25, 0.3) is 0 Å². The van der Waals surface area contributed by atoms with Crippen molar-refractivity contribution in [1.29, 1.82) is 0 Å². The van der Waals surface area contributed by atoms with E-state index in [0.29, 0.717) is 6.54 Å². The predicted molar refractivity (Wildman–Crippen MR) is 52.1 cm³/mol. The van der Waals surface area contributed by atoms with Crippen molar-refractivity contribution >= 4 is 23.1 Å². The molecule has 0 N–H and O–H groups in total. The maximum atomic E-state index is 11.5. The molecule has 12 heavy (non-hydrogen) atoms. The third-order valence-electron chi connectivity index (χ3n) is 1.83. The molecule has 0 atom stereocenters. The van der Waals surface area contributed by atoms with Gasteiger partial charge in [0, 0.05) is 13.0 Å². The van der Waals surface area contributed by atoms with E-state index in [1.54, 1.807) is 4.90 Å². The molecule has 1 saturated heterocycles.